The Morgan fingerprint density at radius 3 is 2.86 bits per heavy atom. The molecular weight excluding hydrogens is 284 g/mol. The van der Waals surface area contributed by atoms with Gasteiger partial charge in [0.1, 0.15) is 6.10 Å². The fraction of sp³-hybridized carbons (Fsp3) is 0.625. The van der Waals surface area contributed by atoms with Gasteiger partial charge in [0.15, 0.2) is 0 Å². The number of carbonyl (C=O) groups excluding carboxylic acids is 1. The maximum absolute atomic E-state index is 12.4. The van der Waals surface area contributed by atoms with Crippen LogP contribution in [0.25, 0.3) is 0 Å². The van der Waals surface area contributed by atoms with E-state index in [1.165, 1.54) is 0 Å². The summed E-state index contributed by atoms with van der Waals surface area (Å²) in [6, 6.07) is 5.61. The highest BCUT2D eigenvalue weighted by Crippen LogP contribution is 2.17. The van der Waals surface area contributed by atoms with E-state index in [0.717, 1.165) is 11.4 Å². The minimum absolute atomic E-state index is 0.0344. The van der Waals surface area contributed by atoms with Gasteiger partial charge in [-0.2, -0.15) is 0 Å². The number of amides is 1. The van der Waals surface area contributed by atoms with Gasteiger partial charge < -0.3 is 19.8 Å². The minimum Gasteiger partial charge on any atom is -0.390 e. The Balaban J connectivity index is 1.97. The van der Waals surface area contributed by atoms with Gasteiger partial charge in [-0.15, -0.1) is 0 Å². The molecule has 1 fully saturated rings. The maximum atomic E-state index is 12.4. The Hall–Kier alpha value is -1.50. The lowest BCUT2D eigenvalue weighted by atomic mass is 9.96. The van der Waals surface area contributed by atoms with Crippen LogP contribution in [0.2, 0.25) is 0 Å². The highest BCUT2D eigenvalue weighted by atomic mass is 16.5. The third kappa shape index (κ3) is 4.25. The Morgan fingerprint density at radius 1 is 1.41 bits per heavy atom. The predicted molar refractivity (Wildman–Crippen MR) is 81.3 cm³/mol. The number of aliphatic hydroxyl groups excluding tert-OH is 2. The zero-order chi connectivity index (χ0) is 16.1. The molecule has 0 radical (unpaired) electrons. The van der Waals surface area contributed by atoms with Crippen molar-refractivity contribution in [3.05, 3.63) is 29.6 Å². The number of hydrogen-bond acceptors (Lipinski definition) is 5. The van der Waals surface area contributed by atoms with Crippen molar-refractivity contribution >= 4 is 5.91 Å². The van der Waals surface area contributed by atoms with Crippen molar-refractivity contribution < 1.29 is 19.7 Å². The Labute approximate surface area is 130 Å². The number of aliphatic hydroxyl groups is 2. The van der Waals surface area contributed by atoms with Crippen LogP contribution in [0.5, 0.6) is 0 Å². The summed E-state index contributed by atoms with van der Waals surface area (Å²) in [5, 5.41) is 19.7. The SMILES string of the molecule is CCN(C[C@@H]1COC[C@@H](O)[C@H]1O)C(=O)Cc1cccc(C)n1. The van der Waals surface area contributed by atoms with Gasteiger partial charge in [-0.1, -0.05) is 6.07 Å². The third-order valence-corrected chi connectivity index (χ3v) is 3.97. The molecule has 6 nitrogen and oxygen atoms in total. The molecule has 0 unspecified atom stereocenters. The largest absolute Gasteiger partial charge is 0.390 e. The molecule has 1 aromatic heterocycles. The Kier molecular flexibility index (Phi) is 5.88. The molecule has 0 spiro atoms. The molecule has 0 bridgehead atoms. The van der Waals surface area contributed by atoms with E-state index in [-0.39, 0.29) is 24.9 Å². The molecule has 122 valence electrons. The molecule has 6 heteroatoms. The number of ether oxygens (including phenoxy) is 1. The Morgan fingerprint density at radius 2 is 2.18 bits per heavy atom. The summed E-state index contributed by atoms with van der Waals surface area (Å²) in [6.07, 6.45) is -1.50. The second kappa shape index (κ2) is 7.67. The molecule has 1 aliphatic heterocycles. The number of rotatable bonds is 5. The molecule has 0 saturated carbocycles. The van der Waals surface area contributed by atoms with Crippen molar-refractivity contribution in [2.24, 2.45) is 5.92 Å². The molecule has 1 amide bonds. The molecule has 1 aromatic rings. The molecule has 3 atom stereocenters. The van der Waals surface area contributed by atoms with E-state index in [9.17, 15) is 15.0 Å². The van der Waals surface area contributed by atoms with Crippen LogP contribution < -0.4 is 0 Å². The molecule has 2 heterocycles. The van der Waals surface area contributed by atoms with Crippen molar-refractivity contribution in [3.63, 3.8) is 0 Å². The van der Waals surface area contributed by atoms with Crippen LogP contribution in [0.3, 0.4) is 0 Å². The molecular formula is C16H24N2O4. The third-order valence-electron chi connectivity index (χ3n) is 3.97. The van der Waals surface area contributed by atoms with Gasteiger partial charge in [0.2, 0.25) is 5.91 Å². The summed E-state index contributed by atoms with van der Waals surface area (Å²) in [7, 11) is 0. The summed E-state index contributed by atoms with van der Waals surface area (Å²) < 4.78 is 5.26. The average Bonchev–Trinajstić information content (AvgIpc) is 2.48. The first-order chi connectivity index (χ1) is 10.5. The van der Waals surface area contributed by atoms with Crippen LogP contribution in [-0.2, 0) is 16.0 Å². The predicted octanol–water partition coefficient (Wildman–Crippen LogP) is 0.149. The number of pyridine rings is 1. The van der Waals surface area contributed by atoms with Crippen LogP contribution in [0.4, 0.5) is 0 Å². The van der Waals surface area contributed by atoms with E-state index in [0.29, 0.717) is 19.7 Å². The van der Waals surface area contributed by atoms with Gasteiger partial charge in [0.05, 0.1) is 25.7 Å². The van der Waals surface area contributed by atoms with E-state index < -0.39 is 12.2 Å². The number of likely N-dealkylation sites (N-methyl/N-ethyl adjacent to an activating group) is 1. The summed E-state index contributed by atoms with van der Waals surface area (Å²) >= 11 is 0. The minimum atomic E-state index is -0.883. The normalized spacial score (nSPS) is 25.0. The van der Waals surface area contributed by atoms with Crippen molar-refractivity contribution in [2.45, 2.75) is 32.5 Å². The molecule has 1 saturated heterocycles. The van der Waals surface area contributed by atoms with Crippen LogP contribution in [0.1, 0.15) is 18.3 Å². The van der Waals surface area contributed by atoms with Crippen LogP contribution in [0.15, 0.2) is 18.2 Å². The first-order valence-electron chi connectivity index (χ1n) is 7.65. The zero-order valence-corrected chi connectivity index (χ0v) is 13.1. The van der Waals surface area contributed by atoms with E-state index in [1.807, 2.05) is 32.0 Å². The number of hydrogen-bond donors (Lipinski definition) is 2. The zero-order valence-electron chi connectivity index (χ0n) is 13.1. The molecule has 0 aliphatic carbocycles. The van der Waals surface area contributed by atoms with Gasteiger partial charge in [-0.05, 0) is 26.0 Å². The maximum Gasteiger partial charge on any atom is 0.228 e. The van der Waals surface area contributed by atoms with E-state index in [2.05, 4.69) is 4.98 Å². The number of carbonyl (C=O) groups is 1. The van der Waals surface area contributed by atoms with Gasteiger partial charge in [0.25, 0.3) is 0 Å². The number of nitrogens with zero attached hydrogens (tertiary/aromatic N) is 2. The average molecular weight is 308 g/mol. The van der Waals surface area contributed by atoms with Crippen LogP contribution in [0, 0.1) is 12.8 Å². The first-order valence-corrected chi connectivity index (χ1v) is 7.65. The van der Waals surface area contributed by atoms with Crippen LogP contribution >= 0.6 is 0 Å². The summed E-state index contributed by atoms with van der Waals surface area (Å²) in [5.41, 5.74) is 1.62. The summed E-state index contributed by atoms with van der Waals surface area (Å²) in [5.74, 6) is -0.300. The highest BCUT2D eigenvalue weighted by molar-refractivity contribution is 5.78. The summed E-state index contributed by atoms with van der Waals surface area (Å²) in [4.78, 5) is 18.4. The van der Waals surface area contributed by atoms with Gasteiger partial charge >= 0.3 is 0 Å². The highest BCUT2D eigenvalue weighted by Gasteiger charge is 2.33. The molecule has 22 heavy (non-hydrogen) atoms. The van der Waals surface area contributed by atoms with E-state index >= 15 is 0 Å². The van der Waals surface area contributed by atoms with Crippen molar-refractivity contribution in [1.82, 2.24) is 9.88 Å². The quantitative estimate of drug-likeness (QED) is 0.809. The fourth-order valence-electron chi connectivity index (χ4n) is 2.67. The van der Waals surface area contributed by atoms with Crippen molar-refractivity contribution in [3.8, 4) is 0 Å². The lowest BCUT2D eigenvalue weighted by molar-refractivity contribution is -0.141. The second-order valence-electron chi connectivity index (χ2n) is 5.73. The van der Waals surface area contributed by atoms with Crippen LogP contribution in [-0.4, -0.2) is 64.5 Å². The number of aryl methyl sites for hydroxylation is 1. The molecule has 0 aromatic carbocycles. The smallest absolute Gasteiger partial charge is 0.228 e. The first kappa shape index (κ1) is 16.9. The van der Waals surface area contributed by atoms with Crippen molar-refractivity contribution in [1.29, 1.82) is 0 Å². The second-order valence-corrected chi connectivity index (χ2v) is 5.73. The fourth-order valence-corrected chi connectivity index (χ4v) is 2.67. The lowest BCUT2D eigenvalue weighted by Crippen LogP contribution is -2.49. The lowest BCUT2D eigenvalue weighted by Gasteiger charge is -2.35. The Bertz CT molecular complexity index is 509. The van der Waals surface area contributed by atoms with Gasteiger partial charge in [-0.3, -0.25) is 9.78 Å². The summed E-state index contributed by atoms with van der Waals surface area (Å²) in [6.45, 7) is 5.20. The topological polar surface area (TPSA) is 82.9 Å². The van der Waals surface area contributed by atoms with Gasteiger partial charge in [0, 0.05) is 30.4 Å². The standard InChI is InChI=1S/C16H24N2O4/c1-3-18(8-12-9-22-10-14(19)16(12)21)15(20)7-13-6-4-5-11(2)17-13/h4-6,12,14,16,19,21H,3,7-10H2,1-2H3/t12-,14-,16+/m1/s1. The number of aromatic nitrogens is 1. The molecule has 1 aliphatic rings. The molecule has 2 N–H and O–H groups in total. The van der Waals surface area contributed by atoms with Crippen molar-refractivity contribution in [2.75, 3.05) is 26.3 Å². The van der Waals surface area contributed by atoms with E-state index in [1.54, 1.807) is 4.90 Å². The van der Waals surface area contributed by atoms with Gasteiger partial charge in [-0.25, -0.2) is 0 Å². The monoisotopic (exact) mass is 308 g/mol. The van der Waals surface area contributed by atoms with E-state index in [4.69, 9.17) is 4.74 Å². The molecule has 2 rings (SSSR count).